The summed E-state index contributed by atoms with van der Waals surface area (Å²) < 4.78 is 5.55. The van der Waals surface area contributed by atoms with Crippen LogP contribution in [0.25, 0.3) is 0 Å². The van der Waals surface area contributed by atoms with Gasteiger partial charge in [-0.15, -0.1) is 0 Å². The zero-order valence-corrected chi connectivity index (χ0v) is 10.8. The topological polar surface area (TPSA) is 64.4 Å². The van der Waals surface area contributed by atoms with E-state index in [-0.39, 0.29) is 17.8 Å². The van der Waals surface area contributed by atoms with Crippen molar-refractivity contribution in [2.24, 2.45) is 0 Å². The van der Waals surface area contributed by atoms with E-state index in [0.717, 1.165) is 19.4 Å². The smallest absolute Gasteiger partial charge is 0.292 e. The molecule has 2 atom stereocenters. The van der Waals surface area contributed by atoms with Crippen molar-refractivity contribution in [2.45, 2.75) is 31.9 Å². The van der Waals surface area contributed by atoms with Gasteiger partial charge in [0, 0.05) is 23.7 Å². The Kier molecular flexibility index (Phi) is 4.04. The van der Waals surface area contributed by atoms with Crippen LogP contribution in [0.5, 0.6) is 0 Å². The van der Waals surface area contributed by atoms with E-state index < -0.39 is 4.92 Å². The fourth-order valence-electron chi connectivity index (χ4n) is 2.12. The van der Waals surface area contributed by atoms with E-state index >= 15 is 0 Å². The monoisotopic (exact) mass is 270 g/mol. The average Bonchev–Trinajstić information content (AvgIpc) is 2.81. The highest BCUT2D eigenvalue weighted by Gasteiger charge is 2.24. The van der Waals surface area contributed by atoms with Gasteiger partial charge in [-0.05, 0) is 31.9 Å². The molecule has 1 aliphatic heterocycles. The molecule has 0 aliphatic carbocycles. The molecule has 5 nitrogen and oxygen atoms in total. The molecule has 0 bridgehead atoms. The molecular formula is C12H15ClN2O3. The maximum absolute atomic E-state index is 10.9. The van der Waals surface area contributed by atoms with Gasteiger partial charge in [-0.3, -0.25) is 10.1 Å². The number of nitro groups is 1. The number of rotatable bonds is 4. The van der Waals surface area contributed by atoms with Crippen molar-refractivity contribution in [3.63, 3.8) is 0 Å². The van der Waals surface area contributed by atoms with Gasteiger partial charge in [0.15, 0.2) is 0 Å². The first-order chi connectivity index (χ1) is 8.58. The molecule has 0 spiro atoms. The van der Waals surface area contributed by atoms with Gasteiger partial charge in [0.2, 0.25) is 0 Å². The van der Waals surface area contributed by atoms with E-state index in [1.807, 2.05) is 6.92 Å². The lowest BCUT2D eigenvalue weighted by atomic mass is 10.1. The Morgan fingerprint density at radius 3 is 3.00 bits per heavy atom. The standard InChI is InChI=1S/C12H15ClN2O3/c1-8(12-3-2-6-18-12)14-10-7-9(13)4-5-11(10)15(16)17/h4-5,7-8,12,14H,2-3,6H2,1H3. The SMILES string of the molecule is CC(Nc1cc(Cl)ccc1[N+](=O)[O-])C1CCCO1. The first-order valence-corrected chi connectivity index (χ1v) is 6.28. The number of nitro benzene ring substituents is 1. The average molecular weight is 271 g/mol. The molecule has 1 aromatic rings. The van der Waals surface area contributed by atoms with E-state index in [1.54, 1.807) is 6.07 Å². The molecule has 0 amide bonds. The van der Waals surface area contributed by atoms with E-state index in [0.29, 0.717) is 10.7 Å². The molecule has 1 aliphatic rings. The number of nitrogens with zero attached hydrogens (tertiary/aromatic N) is 1. The number of ether oxygens (including phenoxy) is 1. The largest absolute Gasteiger partial charge is 0.376 e. The number of benzene rings is 1. The van der Waals surface area contributed by atoms with Gasteiger partial charge in [-0.1, -0.05) is 11.6 Å². The van der Waals surface area contributed by atoms with Crippen molar-refractivity contribution in [3.8, 4) is 0 Å². The normalized spacial score (nSPS) is 20.7. The third kappa shape index (κ3) is 2.91. The molecule has 2 rings (SSSR count). The van der Waals surface area contributed by atoms with Crippen LogP contribution in [0.2, 0.25) is 5.02 Å². The van der Waals surface area contributed by atoms with Crippen LogP contribution in [0.4, 0.5) is 11.4 Å². The van der Waals surface area contributed by atoms with Crippen LogP contribution in [0.15, 0.2) is 18.2 Å². The first-order valence-electron chi connectivity index (χ1n) is 5.90. The van der Waals surface area contributed by atoms with Crippen molar-refractivity contribution in [2.75, 3.05) is 11.9 Å². The molecule has 98 valence electrons. The molecule has 18 heavy (non-hydrogen) atoms. The fourth-order valence-corrected chi connectivity index (χ4v) is 2.29. The van der Waals surface area contributed by atoms with Crippen LogP contribution in [0.1, 0.15) is 19.8 Å². The Hall–Kier alpha value is -1.33. The Balaban J connectivity index is 2.16. The lowest BCUT2D eigenvalue weighted by Crippen LogP contribution is -2.30. The summed E-state index contributed by atoms with van der Waals surface area (Å²) in [6, 6.07) is 4.52. The van der Waals surface area contributed by atoms with Gasteiger partial charge in [-0.25, -0.2) is 0 Å². The third-order valence-electron chi connectivity index (χ3n) is 3.06. The Morgan fingerprint density at radius 2 is 2.39 bits per heavy atom. The Bertz CT molecular complexity index is 447. The van der Waals surface area contributed by atoms with Gasteiger partial charge < -0.3 is 10.1 Å². The van der Waals surface area contributed by atoms with Crippen molar-refractivity contribution in [1.29, 1.82) is 0 Å². The van der Waals surface area contributed by atoms with E-state index in [2.05, 4.69) is 5.32 Å². The highest BCUT2D eigenvalue weighted by Crippen LogP contribution is 2.29. The van der Waals surface area contributed by atoms with Crippen LogP contribution in [0.3, 0.4) is 0 Å². The predicted molar refractivity (Wildman–Crippen MR) is 70.2 cm³/mol. The summed E-state index contributed by atoms with van der Waals surface area (Å²) in [5.74, 6) is 0. The van der Waals surface area contributed by atoms with Gasteiger partial charge >= 0.3 is 0 Å². The summed E-state index contributed by atoms with van der Waals surface area (Å²) in [4.78, 5) is 10.5. The second kappa shape index (κ2) is 5.54. The summed E-state index contributed by atoms with van der Waals surface area (Å²) >= 11 is 5.87. The van der Waals surface area contributed by atoms with Crippen molar-refractivity contribution in [1.82, 2.24) is 0 Å². The molecule has 1 saturated heterocycles. The first kappa shape index (κ1) is 13.1. The molecule has 1 fully saturated rings. The van der Waals surface area contributed by atoms with Gasteiger partial charge in [0.1, 0.15) is 5.69 Å². The highest BCUT2D eigenvalue weighted by molar-refractivity contribution is 6.31. The minimum atomic E-state index is -0.416. The Morgan fingerprint density at radius 1 is 1.61 bits per heavy atom. The maximum Gasteiger partial charge on any atom is 0.292 e. The van der Waals surface area contributed by atoms with Crippen molar-refractivity contribution < 1.29 is 9.66 Å². The van der Waals surface area contributed by atoms with Gasteiger partial charge in [0.05, 0.1) is 11.0 Å². The molecule has 0 saturated carbocycles. The van der Waals surface area contributed by atoms with Crippen molar-refractivity contribution >= 4 is 23.0 Å². The second-order valence-electron chi connectivity index (χ2n) is 4.40. The number of halogens is 1. The molecular weight excluding hydrogens is 256 g/mol. The summed E-state index contributed by atoms with van der Waals surface area (Å²) in [5, 5.41) is 14.5. The van der Waals surface area contributed by atoms with Crippen LogP contribution < -0.4 is 5.32 Å². The highest BCUT2D eigenvalue weighted by atomic mass is 35.5. The molecule has 0 radical (unpaired) electrons. The summed E-state index contributed by atoms with van der Waals surface area (Å²) in [5.41, 5.74) is 0.472. The summed E-state index contributed by atoms with van der Waals surface area (Å²) in [7, 11) is 0. The second-order valence-corrected chi connectivity index (χ2v) is 4.84. The van der Waals surface area contributed by atoms with E-state index in [9.17, 15) is 10.1 Å². The summed E-state index contributed by atoms with van der Waals surface area (Å²) in [6.07, 6.45) is 2.11. The molecule has 1 aromatic carbocycles. The maximum atomic E-state index is 10.9. The Labute approximate surface area is 110 Å². The lowest BCUT2D eigenvalue weighted by molar-refractivity contribution is -0.384. The van der Waals surface area contributed by atoms with Gasteiger partial charge in [0.25, 0.3) is 5.69 Å². The minimum Gasteiger partial charge on any atom is -0.376 e. The zero-order valence-electron chi connectivity index (χ0n) is 10.1. The predicted octanol–water partition coefficient (Wildman–Crippen LogP) is 3.23. The zero-order chi connectivity index (χ0) is 13.1. The van der Waals surface area contributed by atoms with Crippen LogP contribution in [-0.4, -0.2) is 23.7 Å². The van der Waals surface area contributed by atoms with Crippen LogP contribution in [-0.2, 0) is 4.74 Å². The molecule has 1 heterocycles. The van der Waals surface area contributed by atoms with E-state index in [4.69, 9.17) is 16.3 Å². The number of hydrogen-bond donors (Lipinski definition) is 1. The van der Waals surface area contributed by atoms with Gasteiger partial charge in [-0.2, -0.15) is 0 Å². The van der Waals surface area contributed by atoms with Crippen LogP contribution >= 0.6 is 11.6 Å². The molecule has 6 heteroatoms. The van der Waals surface area contributed by atoms with E-state index in [1.165, 1.54) is 12.1 Å². The quantitative estimate of drug-likeness (QED) is 0.674. The lowest BCUT2D eigenvalue weighted by Gasteiger charge is -2.21. The molecule has 2 unspecified atom stereocenters. The fraction of sp³-hybridized carbons (Fsp3) is 0.500. The number of hydrogen-bond acceptors (Lipinski definition) is 4. The van der Waals surface area contributed by atoms with Crippen LogP contribution in [0, 0.1) is 10.1 Å². The summed E-state index contributed by atoms with van der Waals surface area (Å²) in [6.45, 7) is 2.72. The number of anilines is 1. The number of nitrogens with one attached hydrogen (secondary N) is 1. The minimum absolute atomic E-state index is 0.0182. The van der Waals surface area contributed by atoms with Crippen molar-refractivity contribution in [3.05, 3.63) is 33.3 Å². The molecule has 0 aromatic heterocycles. The molecule has 1 N–H and O–H groups in total. The third-order valence-corrected chi connectivity index (χ3v) is 3.30.